The molecule has 0 aromatic rings. The van der Waals surface area contributed by atoms with Gasteiger partial charge in [-0.3, -0.25) is 4.79 Å². The van der Waals surface area contributed by atoms with Gasteiger partial charge in [0.25, 0.3) is 0 Å². The molecule has 0 aliphatic carbocycles. The Hall–Kier alpha value is -0.570. The first-order valence-corrected chi connectivity index (χ1v) is 5.10. The van der Waals surface area contributed by atoms with Gasteiger partial charge in [0.1, 0.15) is 6.10 Å². The first-order valence-electron chi connectivity index (χ1n) is 5.10. The highest BCUT2D eigenvalue weighted by molar-refractivity contribution is 5.69. The molecule has 0 saturated heterocycles. The van der Waals surface area contributed by atoms with Crippen LogP contribution in [0.15, 0.2) is 0 Å². The molecule has 0 aliphatic heterocycles. The summed E-state index contributed by atoms with van der Waals surface area (Å²) >= 11 is 0. The van der Waals surface area contributed by atoms with E-state index in [4.69, 9.17) is 4.74 Å². The zero-order chi connectivity index (χ0) is 10.1. The Labute approximate surface area is 80.8 Å². The van der Waals surface area contributed by atoms with Crippen molar-refractivity contribution in [3.05, 3.63) is 0 Å². The normalized spacial score (nSPS) is 12.5. The van der Waals surface area contributed by atoms with Crippen LogP contribution in [0.1, 0.15) is 40.0 Å². The highest BCUT2D eigenvalue weighted by atomic mass is 16.5. The number of rotatable bonds is 7. The van der Waals surface area contributed by atoms with Crippen molar-refractivity contribution >= 4 is 5.97 Å². The van der Waals surface area contributed by atoms with Crippen molar-refractivity contribution in [3.8, 4) is 0 Å². The maximum Gasteiger partial charge on any atom is 0.306 e. The summed E-state index contributed by atoms with van der Waals surface area (Å²) in [6, 6.07) is 0. The molecule has 0 radical (unpaired) electrons. The van der Waals surface area contributed by atoms with E-state index in [-0.39, 0.29) is 12.1 Å². The number of hydrogen-bond acceptors (Lipinski definition) is 3. The lowest BCUT2D eigenvalue weighted by Gasteiger charge is -2.13. The van der Waals surface area contributed by atoms with Gasteiger partial charge in [0.15, 0.2) is 0 Å². The van der Waals surface area contributed by atoms with E-state index >= 15 is 0 Å². The minimum Gasteiger partial charge on any atom is -0.461 e. The van der Waals surface area contributed by atoms with E-state index in [9.17, 15) is 4.79 Å². The summed E-state index contributed by atoms with van der Waals surface area (Å²) in [6.45, 7) is 7.73. The molecule has 0 aromatic heterocycles. The van der Waals surface area contributed by atoms with Crippen LogP contribution in [0, 0.1) is 0 Å². The Balaban J connectivity index is 3.38. The van der Waals surface area contributed by atoms with Gasteiger partial charge in [0, 0.05) is 13.0 Å². The SMILES string of the molecule is CCCNCC(C)OC(=O)CCC. The molecule has 1 N–H and O–H groups in total. The minimum absolute atomic E-state index is 0.00870. The quantitative estimate of drug-likeness (QED) is 0.487. The number of esters is 1. The first kappa shape index (κ1) is 12.4. The van der Waals surface area contributed by atoms with E-state index in [0.717, 1.165) is 25.9 Å². The van der Waals surface area contributed by atoms with E-state index in [2.05, 4.69) is 12.2 Å². The van der Waals surface area contributed by atoms with Crippen molar-refractivity contribution in [1.82, 2.24) is 5.32 Å². The van der Waals surface area contributed by atoms with Gasteiger partial charge in [-0.15, -0.1) is 0 Å². The number of carbonyl (C=O) groups is 1. The van der Waals surface area contributed by atoms with Crippen LogP contribution in [0.2, 0.25) is 0 Å². The highest BCUT2D eigenvalue weighted by Crippen LogP contribution is 1.96. The first-order chi connectivity index (χ1) is 6.20. The average Bonchev–Trinajstić information content (AvgIpc) is 2.05. The fraction of sp³-hybridized carbons (Fsp3) is 0.900. The largest absolute Gasteiger partial charge is 0.461 e. The fourth-order valence-corrected chi connectivity index (χ4v) is 1.01. The summed E-state index contributed by atoms with van der Waals surface area (Å²) in [4.78, 5) is 11.0. The van der Waals surface area contributed by atoms with E-state index in [1.54, 1.807) is 0 Å². The van der Waals surface area contributed by atoms with Crippen LogP contribution in [-0.2, 0) is 9.53 Å². The molecule has 0 aliphatic rings. The third-order valence-electron chi connectivity index (χ3n) is 1.65. The van der Waals surface area contributed by atoms with Crippen molar-refractivity contribution in [2.24, 2.45) is 0 Å². The second-order valence-corrected chi connectivity index (χ2v) is 3.25. The summed E-state index contributed by atoms with van der Waals surface area (Å²) < 4.78 is 5.14. The number of hydrogen-bond donors (Lipinski definition) is 1. The standard InChI is InChI=1S/C10H21NO2/c1-4-6-10(12)13-9(3)8-11-7-5-2/h9,11H,4-8H2,1-3H3. The lowest BCUT2D eigenvalue weighted by molar-refractivity contribution is -0.148. The van der Waals surface area contributed by atoms with Crippen LogP contribution in [0.25, 0.3) is 0 Å². The fourth-order valence-electron chi connectivity index (χ4n) is 1.01. The third-order valence-corrected chi connectivity index (χ3v) is 1.65. The molecule has 78 valence electrons. The van der Waals surface area contributed by atoms with Gasteiger partial charge in [-0.2, -0.15) is 0 Å². The van der Waals surface area contributed by atoms with Gasteiger partial charge in [0.05, 0.1) is 0 Å². The molecule has 0 aromatic carbocycles. The topological polar surface area (TPSA) is 38.3 Å². The minimum atomic E-state index is -0.0895. The van der Waals surface area contributed by atoms with Crippen molar-refractivity contribution in [2.75, 3.05) is 13.1 Å². The molecule has 1 atom stereocenters. The molecule has 0 bridgehead atoms. The third kappa shape index (κ3) is 7.78. The van der Waals surface area contributed by atoms with E-state index in [1.807, 2.05) is 13.8 Å². The second kappa shape index (κ2) is 8.05. The van der Waals surface area contributed by atoms with Crippen LogP contribution in [-0.4, -0.2) is 25.2 Å². The molecule has 0 saturated carbocycles. The van der Waals surface area contributed by atoms with Crippen LogP contribution in [0.4, 0.5) is 0 Å². The van der Waals surface area contributed by atoms with Gasteiger partial charge < -0.3 is 10.1 Å². The van der Waals surface area contributed by atoms with Crippen molar-refractivity contribution in [2.45, 2.75) is 46.1 Å². The van der Waals surface area contributed by atoms with E-state index < -0.39 is 0 Å². The molecule has 0 rings (SSSR count). The lowest BCUT2D eigenvalue weighted by atomic mass is 10.3. The maximum absolute atomic E-state index is 11.0. The molecule has 0 heterocycles. The Kier molecular flexibility index (Phi) is 7.69. The van der Waals surface area contributed by atoms with Crippen molar-refractivity contribution in [3.63, 3.8) is 0 Å². The van der Waals surface area contributed by atoms with Gasteiger partial charge >= 0.3 is 5.97 Å². The summed E-state index contributed by atoms with van der Waals surface area (Å²) in [5, 5.41) is 3.21. The summed E-state index contributed by atoms with van der Waals surface area (Å²) in [7, 11) is 0. The summed E-state index contributed by atoms with van der Waals surface area (Å²) in [6.07, 6.45) is 2.48. The molecule has 3 heteroatoms. The van der Waals surface area contributed by atoms with Crippen LogP contribution in [0.5, 0.6) is 0 Å². The molecule has 1 unspecified atom stereocenters. The highest BCUT2D eigenvalue weighted by Gasteiger charge is 2.06. The molecule has 0 spiro atoms. The van der Waals surface area contributed by atoms with Crippen LogP contribution in [0.3, 0.4) is 0 Å². The van der Waals surface area contributed by atoms with Crippen LogP contribution >= 0.6 is 0 Å². The predicted octanol–water partition coefficient (Wildman–Crippen LogP) is 1.72. The predicted molar refractivity (Wildman–Crippen MR) is 53.6 cm³/mol. The molecule has 13 heavy (non-hydrogen) atoms. The van der Waals surface area contributed by atoms with Crippen LogP contribution < -0.4 is 5.32 Å². The van der Waals surface area contributed by atoms with Crippen molar-refractivity contribution < 1.29 is 9.53 Å². The Morgan fingerprint density at radius 2 is 2.08 bits per heavy atom. The summed E-state index contributed by atoms with van der Waals surface area (Å²) in [5.74, 6) is -0.0895. The number of nitrogens with one attached hydrogen (secondary N) is 1. The smallest absolute Gasteiger partial charge is 0.306 e. The molecule has 0 amide bonds. The monoisotopic (exact) mass is 187 g/mol. The Morgan fingerprint density at radius 1 is 1.38 bits per heavy atom. The molecular weight excluding hydrogens is 166 g/mol. The van der Waals surface area contributed by atoms with Gasteiger partial charge in [0.2, 0.25) is 0 Å². The number of carbonyl (C=O) groups excluding carboxylic acids is 1. The zero-order valence-electron chi connectivity index (χ0n) is 8.93. The lowest BCUT2D eigenvalue weighted by Crippen LogP contribution is -2.29. The second-order valence-electron chi connectivity index (χ2n) is 3.25. The number of ether oxygens (including phenoxy) is 1. The zero-order valence-corrected chi connectivity index (χ0v) is 8.93. The van der Waals surface area contributed by atoms with E-state index in [0.29, 0.717) is 6.42 Å². The Bertz CT molecular complexity index is 137. The average molecular weight is 187 g/mol. The van der Waals surface area contributed by atoms with Gasteiger partial charge in [-0.1, -0.05) is 13.8 Å². The van der Waals surface area contributed by atoms with Gasteiger partial charge in [-0.25, -0.2) is 0 Å². The summed E-state index contributed by atoms with van der Waals surface area (Å²) in [5.41, 5.74) is 0. The molecular formula is C10H21NO2. The van der Waals surface area contributed by atoms with Gasteiger partial charge in [-0.05, 0) is 26.3 Å². The molecule has 3 nitrogen and oxygen atoms in total. The van der Waals surface area contributed by atoms with Crippen molar-refractivity contribution in [1.29, 1.82) is 0 Å². The van der Waals surface area contributed by atoms with E-state index in [1.165, 1.54) is 0 Å². The maximum atomic E-state index is 11.0. The molecule has 0 fully saturated rings. The Morgan fingerprint density at radius 3 is 2.62 bits per heavy atom.